The van der Waals surface area contributed by atoms with Gasteiger partial charge in [-0.3, -0.25) is 9.69 Å². The second-order valence-corrected chi connectivity index (χ2v) is 5.80. The Balaban J connectivity index is 2.66. The number of carboxylic acid groups (broad SMARTS) is 1. The zero-order valence-corrected chi connectivity index (χ0v) is 11.9. The molecule has 0 amide bonds. The van der Waals surface area contributed by atoms with Gasteiger partial charge in [0, 0.05) is 25.8 Å². The van der Waals surface area contributed by atoms with Crippen LogP contribution in [0.2, 0.25) is 0 Å². The van der Waals surface area contributed by atoms with E-state index < -0.39 is 5.97 Å². The maximum Gasteiger partial charge on any atom is 0.305 e. The lowest BCUT2D eigenvalue weighted by Gasteiger charge is -2.45. The number of ether oxygens (including phenoxy) is 1. The summed E-state index contributed by atoms with van der Waals surface area (Å²) in [6.45, 7) is 3.78. The Hall–Kier alpha value is -0.610. The van der Waals surface area contributed by atoms with Crippen LogP contribution in [0.4, 0.5) is 0 Å². The summed E-state index contributed by atoms with van der Waals surface area (Å²) in [7, 11) is 3.78. The van der Waals surface area contributed by atoms with E-state index in [0.717, 1.165) is 38.8 Å². The van der Waals surface area contributed by atoms with Crippen LogP contribution in [0.5, 0.6) is 0 Å². The summed E-state index contributed by atoms with van der Waals surface area (Å²) in [4.78, 5) is 13.4. The van der Waals surface area contributed by atoms with E-state index in [1.54, 1.807) is 7.11 Å². The van der Waals surface area contributed by atoms with Crippen LogP contribution in [0.3, 0.4) is 0 Å². The average molecular weight is 257 g/mol. The van der Waals surface area contributed by atoms with Crippen molar-refractivity contribution in [3.63, 3.8) is 0 Å². The van der Waals surface area contributed by atoms with Gasteiger partial charge >= 0.3 is 5.97 Å². The normalized spacial score (nSPS) is 20.9. The molecule has 1 aliphatic rings. The summed E-state index contributed by atoms with van der Waals surface area (Å²) in [6.07, 6.45) is 5.82. The van der Waals surface area contributed by atoms with Gasteiger partial charge in [-0.25, -0.2) is 0 Å². The molecule has 0 aromatic rings. The van der Waals surface area contributed by atoms with E-state index in [-0.39, 0.29) is 12.0 Å². The molecule has 4 heteroatoms. The van der Waals surface area contributed by atoms with Crippen molar-refractivity contribution in [1.29, 1.82) is 0 Å². The number of nitrogens with zero attached hydrogens (tertiary/aromatic N) is 1. The second kappa shape index (κ2) is 7.10. The molecule has 1 aliphatic carbocycles. The Kier molecular flexibility index (Phi) is 6.09. The van der Waals surface area contributed by atoms with Crippen LogP contribution < -0.4 is 0 Å². The number of carboxylic acids is 1. The SMILES string of the molecule is COCC(C)CN(C)C1(CC(=O)O)CCCCC1. The summed E-state index contributed by atoms with van der Waals surface area (Å²) in [6, 6.07) is 0. The Bertz CT molecular complexity index is 262. The fraction of sp³-hybridized carbons (Fsp3) is 0.929. The van der Waals surface area contributed by atoms with Crippen molar-refractivity contribution in [3.05, 3.63) is 0 Å². The molecule has 1 atom stereocenters. The summed E-state index contributed by atoms with van der Waals surface area (Å²) in [5.74, 6) is -0.240. The maximum atomic E-state index is 11.1. The molecule has 1 fully saturated rings. The molecule has 1 unspecified atom stereocenters. The highest BCUT2D eigenvalue weighted by molar-refractivity contribution is 5.68. The zero-order chi connectivity index (χ0) is 13.6. The number of aliphatic carboxylic acids is 1. The quantitative estimate of drug-likeness (QED) is 0.760. The predicted molar refractivity (Wildman–Crippen MR) is 71.7 cm³/mol. The minimum absolute atomic E-state index is 0.133. The molecule has 18 heavy (non-hydrogen) atoms. The van der Waals surface area contributed by atoms with Crippen molar-refractivity contribution in [1.82, 2.24) is 4.90 Å². The Morgan fingerprint density at radius 2 is 2.00 bits per heavy atom. The van der Waals surface area contributed by atoms with E-state index in [1.807, 2.05) is 0 Å². The molecule has 106 valence electrons. The maximum absolute atomic E-state index is 11.1. The smallest absolute Gasteiger partial charge is 0.305 e. The fourth-order valence-electron chi connectivity index (χ4n) is 3.18. The number of hydrogen-bond donors (Lipinski definition) is 1. The van der Waals surface area contributed by atoms with Crippen molar-refractivity contribution < 1.29 is 14.6 Å². The van der Waals surface area contributed by atoms with Crippen LogP contribution in [0.25, 0.3) is 0 Å². The van der Waals surface area contributed by atoms with Crippen molar-refractivity contribution in [2.75, 3.05) is 27.3 Å². The lowest BCUT2D eigenvalue weighted by atomic mass is 9.77. The third kappa shape index (κ3) is 4.25. The Morgan fingerprint density at radius 3 is 2.50 bits per heavy atom. The van der Waals surface area contributed by atoms with Gasteiger partial charge in [0.25, 0.3) is 0 Å². The van der Waals surface area contributed by atoms with Gasteiger partial charge in [0.1, 0.15) is 0 Å². The predicted octanol–water partition coefficient (Wildman–Crippen LogP) is 2.38. The highest BCUT2D eigenvalue weighted by Crippen LogP contribution is 2.36. The molecule has 4 nitrogen and oxygen atoms in total. The second-order valence-electron chi connectivity index (χ2n) is 5.80. The summed E-state index contributed by atoms with van der Waals surface area (Å²) in [5.41, 5.74) is -0.133. The van der Waals surface area contributed by atoms with Crippen LogP contribution in [-0.2, 0) is 9.53 Å². The van der Waals surface area contributed by atoms with Crippen molar-refractivity contribution in [3.8, 4) is 0 Å². The minimum Gasteiger partial charge on any atom is -0.481 e. The first-order chi connectivity index (χ1) is 8.50. The number of carbonyl (C=O) groups is 1. The van der Waals surface area contributed by atoms with Gasteiger partial charge in [0.05, 0.1) is 6.42 Å². The van der Waals surface area contributed by atoms with E-state index >= 15 is 0 Å². The molecule has 0 aromatic heterocycles. The molecule has 1 N–H and O–H groups in total. The molecule has 0 bridgehead atoms. The molecule has 0 radical (unpaired) electrons. The van der Waals surface area contributed by atoms with Crippen molar-refractivity contribution in [2.24, 2.45) is 5.92 Å². The fourth-order valence-corrected chi connectivity index (χ4v) is 3.18. The monoisotopic (exact) mass is 257 g/mol. The third-order valence-corrected chi connectivity index (χ3v) is 4.11. The number of hydrogen-bond acceptors (Lipinski definition) is 3. The van der Waals surface area contributed by atoms with Gasteiger partial charge < -0.3 is 9.84 Å². The molecule has 0 aliphatic heterocycles. The topological polar surface area (TPSA) is 49.8 Å². The number of methoxy groups -OCH3 is 1. The van der Waals surface area contributed by atoms with Crippen molar-refractivity contribution >= 4 is 5.97 Å². The van der Waals surface area contributed by atoms with E-state index in [2.05, 4.69) is 18.9 Å². The molecule has 0 heterocycles. The van der Waals surface area contributed by atoms with Gasteiger partial charge in [-0.2, -0.15) is 0 Å². The van der Waals surface area contributed by atoms with Crippen molar-refractivity contribution in [2.45, 2.75) is 51.0 Å². The minimum atomic E-state index is -0.678. The highest BCUT2D eigenvalue weighted by Gasteiger charge is 2.38. The molecular formula is C14H27NO3. The average Bonchev–Trinajstić information content (AvgIpc) is 2.29. The van der Waals surface area contributed by atoms with Crippen LogP contribution in [0.15, 0.2) is 0 Å². The van der Waals surface area contributed by atoms with E-state index in [0.29, 0.717) is 5.92 Å². The largest absolute Gasteiger partial charge is 0.481 e. The molecular weight excluding hydrogens is 230 g/mol. The lowest BCUT2D eigenvalue weighted by Crippen LogP contribution is -2.51. The summed E-state index contributed by atoms with van der Waals surface area (Å²) >= 11 is 0. The van der Waals surface area contributed by atoms with Crippen LogP contribution in [0.1, 0.15) is 45.4 Å². The van der Waals surface area contributed by atoms with Gasteiger partial charge in [-0.15, -0.1) is 0 Å². The summed E-state index contributed by atoms with van der Waals surface area (Å²) in [5, 5.41) is 9.17. The van der Waals surface area contributed by atoms with Gasteiger partial charge in [-0.1, -0.05) is 26.2 Å². The molecule has 1 saturated carbocycles. The molecule has 1 rings (SSSR count). The molecule has 0 aromatic carbocycles. The summed E-state index contributed by atoms with van der Waals surface area (Å²) < 4.78 is 5.16. The first-order valence-corrected chi connectivity index (χ1v) is 6.92. The van der Waals surface area contributed by atoms with E-state index in [4.69, 9.17) is 9.84 Å². The first kappa shape index (κ1) is 15.4. The van der Waals surface area contributed by atoms with Gasteiger partial charge in [0.2, 0.25) is 0 Å². The first-order valence-electron chi connectivity index (χ1n) is 6.92. The number of rotatable bonds is 7. The van der Waals surface area contributed by atoms with Crippen LogP contribution in [-0.4, -0.2) is 48.8 Å². The molecule has 0 saturated heterocycles. The van der Waals surface area contributed by atoms with Crippen LogP contribution in [0, 0.1) is 5.92 Å². The highest BCUT2D eigenvalue weighted by atomic mass is 16.5. The standard InChI is InChI=1S/C14H27NO3/c1-12(11-18-3)10-15(2)14(9-13(16)17)7-5-4-6-8-14/h12H,4-11H2,1-3H3,(H,16,17). The van der Waals surface area contributed by atoms with E-state index in [9.17, 15) is 4.79 Å². The van der Waals surface area contributed by atoms with Gasteiger partial charge in [-0.05, 0) is 25.8 Å². The Labute approximate surface area is 110 Å². The van der Waals surface area contributed by atoms with Crippen LogP contribution >= 0.6 is 0 Å². The third-order valence-electron chi connectivity index (χ3n) is 4.11. The Morgan fingerprint density at radius 1 is 1.39 bits per heavy atom. The lowest BCUT2D eigenvalue weighted by molar-refractivity contribution is -0.141. The van der Waals surface area contributed by atoms with E-state index in [1.165, 1.54) is 6.42 Å². The zero-order valence-electron chi connectivity index (χ0n) is 11.9. The van der Waals surface area contributed by atoms with Gasteiger partial charge in [0.15, 0.2) is 0 Å². The molecule has 0 spiro atoms.